The Hall–Kier alpha value is -2.25. The van der Waals surface area contributed by atoms with Crippen LogP contribution in [0.2, 0.25) is 0 Å². The van der Waals surface area contributed by atoms with Gasteiger partial charge in [0.15, 0.2) is 0 Å². The van der Waals surface area contributed by atoms with Crippen molar-refractivity contribution < 1.29 is 14.4 Å². The second kappa shape index (κ2) is 7.78. The van der Waals surface area contributed by atoms with Crippen molar-refractivity contribution in [1.29, 1.82) is 0 Å². The van der Waals surface area contributed by atoms with E-state index in [4.69, 9.17) is 0 Å². The highest BCUT2D eigenvalue weighted by Gasteiger charge is 2.45. The number of amides is 3. The molecule has 0 bridgehead atoms. The Labute approximate surface area is 177 Å². The zero-order chi connectivity index (χ0) is 20.7. The first-order valence-electron chi connectivity index (χ1n) is 11.2. The van der Waals surface area contributed by atoms with Crippen molar-refractivity contribution in [3.05, 3.63) is 34.9 Å². The number of fused-ring (bicyclic) bond motifs is 1. The lowest BCUT2D eigenvalue weighted by molar-refractivity contribution is -0.136. The van der Waals surface area contributed by atoms with Crippen molar-refractivity contribution in [3.63, 3.8) is 0 Å². The molecule has 3 fully saturated rings. The molecule has 5 rings (SSSR count). The summed E-state index contributed by atoms with van der Waals surface area (Å²) in [5.74, 6) is -0.0615. The molecule has 3 N–H and O–H groups in total. The van der Waals surface area contributed by atoms with Crippen molar-refractivity contribution >= 4 is 17.7 Å². The summed E-state index contributed by atoms with van der Waals surface area (Å²) < 4.78 is 0. The number of carbonyl (C=O) groups excluding carboxylic acids is 3. The lowest BCUT2D eigenvalue weighted by Gasteiger charge is -2.51. The highest BCUT2D eigenvalue weighted by Crippen LogP contribution is 2.50. The van der Waals surface area contributed by atoms with Crippen LogP contribution < -0.4 is 16.0 Å². The predicted octanol–water partition coefficient (Wildman–Crippen LogP) is 1.32. The van der Waals surface area contributed by atoms with Crippen LogP contribution in [-0.4, -0.2) is 48.3 Å². The first kappa shape index (κ1) is 19.7. The molecule has 1 aromatic rings. The normalized spacial score (nSPS) is 27.7. The van der Waals surface area contributed by atoms with E-state index < -0.39 is 6.04 Å². The van der Waals surface area contributed by atoms with Gasteiger partial charge < -0.3 is 15.5 Å². The van der Waals surface area contributed by atoms with Gasteiger partial charge in [-0.2, -0.15) is 0 Å². The van der Waals surface area contributed by atoms with Gasteiger partial charge in [0.05, 0.1) is 0 Å². The Morgan fingerprint density at radius 1 is 1.17 bits per heavy atom. The van der Waals surface area contributed by atoms with Crippen LogP contribution in [0.25, 0.3) is 0 Å². The van der Waals surface area contributed by atoms with Crippen LogP contribution in [0.1, 0.15) is 60.0 Å². The van der Waals surface area contributed by atoms with E-state index in [2.05, 4.69) is 16.0 Å². The Kier molecular flexibility index (Phi) is 5.11. The van der Waals surface area contributed by atoms with Crippen LogP contribution in [0.15, 0.2) is 18.2 Å². The van der Waals surface area contributed by atoms with E-state index >= 15 is 0 Å². The summed E-state index contributed by atoms with van der Waals surface area (Å²) in [5, 5.41) is 9.53. The topological polar surface area (TPSA) is 90.5 Å². The fourth-order valence-corrected chi connectivity index (χ4v) is 5.83. The van der Waals surface area contributed by atoms with Gasteiger partial charge in [0, 0.05) is 31.6 Å². The summed E-state index contributed by atoms with van der Waals surface area (Å²) in [6.07, 6.45) is 6.01. The first-order valence-corrected chi connectivity index (χ1v) is 11.2. The van der Waals surface area contributed by atoms with E-state index in [1.165, 1.54) is 25.7 Å². The maximum Gasteiger partial charge on any atom is 0.255 e. The van der Waals surface area contributed by atoms with Crippen LogP contribution in [0, 0.1) is 11.3 Å². The third-order valence-corrected chi connectivity index (χ3v) is 7.75. The zero-order valence-corrected chi connectivity index (χ0v) is 17.3. The summed E-state index contributed by atoms with van der Waals surface area (Å²) in [4.78, 5) is 38.6. The van der Waals surface area contributed by atoms with E-state index in [0.29, 0.717) is 30.8 Å². The van der Waals surface area contributed by atoms with Gasteiger partial charge in [0.1, 0.15) is 6.04 Å². The molecule has 1 aromatic carbocycles. The number of rotatable bonds is 5. The minimum Gasteiger partial charge on any atom is -0.322 e. The minimum atomic E-state index is -0.560. The summed E-state index contributed by atoms with van der Waals surface area (Å²) in [6, 6.07) is 5.41. The van der Waals surface area contributed by atoms with Gasteiger partial charge in [-0.3, -0.25) is 19.7 Å². The van der Waals surface area contributed by atoms with Crippen molar-refractivity contribution in [2.45, 2.75) is 57.7 Å². The molecule has 1 saturated carbocycles. The summed E-state index contributed by atoms with van der Waals surface area (Å²) in [6.45, 7) is 4.26. The van der Waals surface area contributed by atoms with E-state index in [1.54, 1.807) is 4.90 Å². The van der Waals surface area contributed by atoms with Gasteiger partial charge in [-0.1, -0.05) is 24.6 Å². The molecule has 4 aliphatic rings. The molecule has 3 heterocycles. The second-order valence-electron chi connectivity index (χ2n) is 9.35. The lowest BCUT2D eigenvalue weighted by Crippen LogP contribution is -2.52. The van der Waals surface area contributed by atoms with Crippen LogP contribution in [0.3, 0.4) is 0 Å². The average Bonchev–Trinajstić information content (AvgIpc) is 3.04. The van der Waals surface area contributed by atoms with Crippen LogP contribution in [-0.2, 0) is 22.7 Å². The fourth-order valence-electron chi connectivity index (χ4n) is 5.83. The van der Waals surface area contributed by atoms with Crippen LogP contribution in [0.4, 0.5) is 0 Å². The van der Waals surface area contributed by atoms with Gasteiger partial charge in [-0.25, -0.2) is 0 Å². The Morgan fingerprint density at radius 2 is 2.03 bits per heavy atom. The highest BCUT2D eigenvalue weighted by molar-refractivity contribution is 6.05. The van der Waals surface area contributed by atoms with Crippen molar-refractivity contribution in [2.24, 2.45) is 11.3 Å². The number of carbonyl (C=O) groups is 3. The smallest absolute Gasteiger partial charge is 0.255 e. The van der Waals surface area contributed by atoms with E-state index in [9.17, 15) is 14.4 Å². The third kappa shape index (κ3) is 3.34. The Balaban J connectivity index is 1.26. The zero-order valence-electron chi connectivity index (χ0n) is 17.3. The number of benzene rings is 1. The summed E-state index contributed by atoms with van der Waals surface area (Å²) in [5.41, 5.74) is 3.22. The summed E-state index contributed by atoms with van der Waals surface area (Å²) in [7, 11) is 0. The molecule has 0 radical (unpaired) electrons. The number of nitrogens with zero attached hydrogens (tertiary/aromatic N) is 1. The molecule has 1 spiro atoms. The van der Waals surface area contributed by atoms with Gasteiger partial charge >= 0.3 is 0 Å². The molecule has 2 unspecified atom stereocenters. The summed E-state index contributed by atoms with van der Waals surface area (Å²) >= 11 is 0. The Bertz CT molecular complexity index is 879. The molecule has 7 heteroatoms. The second-order valence-corrected chi connectivity index (χ2v) is 9.35. The quantitative estimate of drug-likeness (QED) is 0.637. The maximum atomic E-state index is 13.2. The van der Waals surface area contributed by atoms with Gasteiger partial charge in [0.2, 0.25) is 11.8 Å². The van der Waals surface area contributed by atoms with Crippen molar-refractivity contribution in [1.82, 2.24) is 20.9 Å². The molecule has 2 atom stereocenters. The van der Waals surface area contributed by atoms with E-state index in [0.717, 1.165) is 36.3 Å². The molecular weight excluding hydrogens is 380 g/mol. The number of piperidine rings is 2. The molecule has 1 aliphatic carbocycles. The van der Waals surface area contributed by atoms with Gasteiger partial charge in [0.25, 0.3) is 5.91 Å². The van der Waals surface area contributed by atoms with Gasteiger partial charge in [-0.05, 0) is 61.2 Å². The van der Waals surface area contributed by atoms with E-state index in [-0.39, 0.29) is 24.1 Å². The van der Waals surface area contributed by atoms with Crippen LogP contribution in [0.5, 0.6) is 0 Å². The molecule has 2 saturated heterocycles. The van der Waals surface area contributed by atoms with Gasteiger partial charge in [-0.15, -0.1) is 0 Å². The highest BCUT2D eigenvalue weighted by atomic mass is 16.2. The molecule has 7 nitrogen and oxygen atoms in total. The molecule has 30 heavy (non-hydrogen) atoms. The third-order valence-electron chi connectivity index (χ3n) is 7.75. The Morgan fingerprint density at radius 3 is 2.80 bits per heavy atom. The largest absolute Gasteiger partial charge is 0.322 e. The SMILES string of the molecule is O=C1CCC(N2Cc3cccc(CNCC4CNCCC45CCC5)c3C2=O)C(=O)N1. The molecule has 3 aliphatic heterocycles. The fraction of sp³-hybridized carbons (Fsp3) is 0.609. The predicted molar refractivity (Wildman–Crippen MR) is 111 cm³/mol. The van der Waals surface area contributed by atoms with Crippen molar-refractivity contribution in [2.75, 3.05) is 19.6 Å². The van der Waals surface area contributed by atoms with Crippen LogP contribution >= 0.6 is 0 Å². The monoisotopic (exact) mass is 410 g/mol. The maximum absolute atomic E-state index is 13.2. The first-order chi connectivity index (χ1) is 14.6. The number of hydrogen-bond donors (Lipinski definition) is 3. The van der Waals surface area contributed by atoms with Crippen molar-refractivity contribution in [3.8, 4) is 0 Å². The number of nitrogens with one attached hydrogen (secondary N) is 3. The molecule has 0 aromatic heterocycles. The minimum absolute atomic E-state index is 0.0910. The lowest BCUT2D eigenvalue weighted by atomic mass is 9.58. The standard InChI is InChI=1S/C23H30N4O3/c28-19-6-5-18(21(29)26-19)27-14-16-4-1-3-15(20(16)22(27)30)11-25-13-17-12-24-10-9-23(17)7-2-8-23/h1,3-4,17-18,24-25H,2,5-14H2,(H,26,28,29). The number of imide groups is 1. The number of hydrogen-bond acceptors (Lipinski definition) is 5. The molecule has 160 valence electrons. The molecular formula is C23H30N4O3. The average molecular weight is 411 g/mol. The molecule has 3 amide bonds. The van der Waals surface area contributed by atoms with E-state index in [1.807, 2.05) is 18.2 Å².